The van der Waals surface area contributed by atoms with Crippen LogP contribution in [0.4, 0.5) is 4.39 Å². The fourth-order valence-electron chi connectivity index (χ4n) is 3.25. The second kappa shape index (κ2) is 9.72. The third-order valence-corrected chi connectivity index (χ3v) is 7.98. The molecule has 0 radical (unpaired) electrons. The van der Waals surface area contributed by atoms with Crippen molar-refractivity contribution < 1.29 is 17.5 Å². The molecule has 3 aromatic rings. The fraction of sp³-hybridized carbons (Fsp3) is 0.238. The Morgan fingerprint density at radius 1 is 1.16 bits per heavy atom. The van der Waals surface area contributed by atoms with Crippen molar-refractivity contribution in [1.29, 1.82) is 0 Å². The number of thioether (sulfide) groups is 1. The summed E-state index contributed by atoms with van der Waals surface area (Å²) in [5, 5.41) is 9.52. The molecule has 0 bridgehead atoms. The lowest BCUT2D eigenvalue weighted by atomic mass is 10.2. The van der Waals surface area contributed by atoms with Gasteiger partial charge in [-0.05, 0) is 36.4 Å². The first-order valence-corrected chi connectivity index (χ1v) is 12.5. The van der Waals surface area contributed by atoms with Gasteiger partial charge >= 0.3 is 0 Å². The van der Waals surface area contributed by atoms with Crippen LogP contribution in [0.3, 0.4) is 0 Å². The lowest BCUT2D eigenvalue weighted by Crippen LogP contribution is -2.40. The van der Waals surface area contributed by atoms with Crippen molar-refractivity contribution in [3.63, 3.8) is 0 Å². The van der Waals surface area contributed by atoms with Gasteiger partial charge in [0.25, 0.3) is 0 Å². The minimum absolute atomic E-state index is 0.161. The number of aromatic nitrogens is 3. The Hall–Kier alpha value is -2.24. The molecule has 0 saturated carbocycles. The molecule has 2 heterocycles. The molecule has 0 amide bonds. The van der Waals surface area contributed by atoms with Crippen LogP contribution in [-0.4, -0.2) is 59.5 Å². The molecular formula is C21H20ClFN4O3S2. The van der Waals surface area contributed by atoms with Gasteiger partial charge in [-0.15, -0.1) is 10.2 Å². The average molecular weight is 495 g/mol. The van der Waals surface area contributed by atoms with E-state index in [1.54, 1.807) is 41.0 Å². The van der Waals surface area contributed by atoms with Gasteiger partial charge in [-0.3, -0.25) is 4.57 Å². The van der Waals surface area contributed by atoms with E-state index in [0.717, 1.165) is 0 Å². The van der Waals surface area contributed by atoms with Gasteiger partial charge < -0.3 is 4.74 Å². The Balaban J connectivity index is 1.77. The molecule has 7 nitrogen and oxygen atoms in total. The molecule has 1 saturated heterocycles. The van der Waals surface area contributed by atoms with Gasteiger partial charge in [0.15, 0.2) is 11.0 Å². The second-order valence-corrected chi connectivity index (χ2v) is 10.4. The van der Waals surface area contributed by atoms with E-state index in [2.05, 4.69) is 16.8 Å². The molecule has 1 aromatic heterocycles. The van der Waals surface area contributed by atoms with Crippen LogP contribution in [0, 0.1) is 5.82 Å². The summed E-state index contributed by atoms with van der Waals surface area (Å²) < 4.78 is 48.1. The maximum Gasteiger partial charge on any atom is 0.243 e. The van der Waals surface area contributed by atoms with Gasteiger partial charge in [0.2, 0.25) is 10.0 Å². The van der Waals surface area contributed by atoms with E-state index in [4.69, 9.17) is 16.3 Å². The standard InChI is InChI=1S/C21H20ClFN4O3S2/c1-15(22)14-31-21-25-24-20(27(21)18-7-5-17(23)6-8-18)16-3-2-4-19(13-16)32(28,29)26-9-11-30-12-10-26/h2-8,13H,1,9-12,14H2. The molecule has 0 unspecified atom stereocenters. The van der Waals surface area contributed by atoms with Crippen LogP contribution in [-0.2, 0) is 14.8 Å². The normalized spacial score (nSPS) is 15.1. The van der Waals surface area contributed by atoms with Gasteiger partial charge in [-0.25, -0.2) is 12.8 Å². The SMILES string of the molecule is C=C(Cl)CSc1nnc(-c2cccc(S(=O)(=O)N3CCOCC3)c2)n1-c1ccc(F)cc1. The lowest BCUT2D eigenvalue weighted by Gasteiger charge is -2.26. The zero-order valence-corrected chi connectivity index (χ0v) is 19.3. The summed E-state index contributed by atoms with van der Waals surface area (Å²) in [6.45, 7) is 5.03. The quantitative estimate of drug-likeness (QED) is 0.463. The van der Waals surface area contributed by atoms with Crippen LogP contribution in [0.1, 0.15) is 0 Å². The Morgan fingerprint density at radius 3 is 2.56 bits per heavy atom. The van der Waals surface area contributed by atoms with Gasteiger partial charge in [-0.1, -0.05) is 42.1 Å². The molecule has 2 aromatic carbocycles. The van der Waals surface area contributed by atoms with Crippen molar-refractivity contribution in [2.75, 3.05) is 32.1 Å². The zero-order chi connectivity index (χ0) is 22.7. The number of ether oxygens (including phenoxy) is 1. The number of halogens is 2. The first kappa shape index (κ1) is 22.9. The van der Waals surface area contributed by atoms with Crippen LogP contribution < -0.4 is 0 Å². The molecule has 1 aliphatic heterocycles. The maximum absolute atomic E-state index is 13.5. The van der Waals surface area contributed by atoms with E-state index in [9.17, 15) is 12.8 Å². The van der Waals surface area contributed by atoms with Crippen LogP contribution in [0.25, 0.3) is 17.1 Å². The summed E-state index contributed by atoms with van der Waals surface area (Å²) in [6, 6.07) is 12.5. The average Bonchev–Trinajstić information content (AvgIpc) is 3.23. The van der Waals surface area contributed by atoms with Gasteiger partial charge in [0.05, 0.1) is 18.1 Å². The maximum atomic E-state index is 13.5. The molecule has 0 spiro atoms. The molecule has 32 heavy (non-hydrogen) atoms. The van der Waals surface area contributed by atoms with Crippen LogP contribution in [0.5, 0.6) is 0 Å². The van der Waals surface area contributed by atoms with Crippen molar-refractivity contribution in [1.82, 2.24) is 19.1 Å². The highest BCUT2D eigenvalue weighted by Crippen LogP contribution is 2.31. The summed E-state index contributed by atoms with van der Waals surface area (Å²) in [6.07, 6.45) is 0. The van der Waals surface area contributed by atoms with Crippen LogP contribution >= 0.6 is 23.4 Å². The van der Waals surface area contributed by atoms with Crippen molar-refractivity contribution in [2.24, 2.45) is 0 Å². The van der Waals surface area contributed by atoms with E-state index < -0.39 is 10.0 Å². The minimum atomic E-state index is -3.68. The highest BCUT2D eigenvalue weighted by atomic mass is 35.5. The number of hydrogen-bond acceptors (Lipinski definition) is 6. The number of morpholine rings is 1. The summed E-state index contributed by atoms with van der Waals surface area (Å²) in [5.74, 6) is 0.468. The van der Waals surface area contributed by atoms with Crippen molar-refractivity contribution >= 4 is 33.4 Å². The molecule has 11 heteroatoms. The van der Waals surface area contributed by atoms with Crippen molar-refractivity contribution in [3.8, 4) is 17.1 Å². The Morgan fingerprint density at radius 2 is 1.88 bits per heavy atom. The minimum Gasteiger partial charge on any atom is -0.379 e. The Bertz CT molecular complexity index is 1230. The number of benzene rings is 2. The molecule has 0 aliphatic carbocycles. The summed E-state index contributed by atoms with van der Waals surface area (Å²) in [5.41, 5.74) is 1.20. The highest BCUT2D eigenvalue weighted by molar-refractivity contribution is 7.99. The monoisotopic (exact) mass is 494 g/mol. The van der Waals surface area contributed by atoms with Crippen LogP contribution in [0.2, 0.25) is 0 Å². The van der Waals surface area contributed by atoms with Gasteiger partial charge in [0, 0.05) is 35.1 Å². The molecule has 1 aliphatic rings. The number of rotatable bonds is 7. The Labute approximate surface area is 194 Å². The third-order valence-electron chi connectivity index (χ3n) is 4.78. The third kappa shape index (κ3) is 4.89. The van der Waals surface area contributed by atoms with Gasteiger partial charge in [-0.2, -0.15) is 4.31 Å². The first-order chi connectivity index (χ1) is 15.4. The molecule has 4 rings (SSSR count). The highest BCUT2D eigenvalue weighted by Gasteiger charge is 2.27. The van der Waals surface area contributed by atoms with E-state index in [1.165, 1.54) is 28.2 Å². The smallest absolute Gasteiger partial charge is 0.243 e. The lowest BCUT2D eigenvalue weighted by molar-refractivity contribution is 0.0730. The second-order valence-electron chi connectivity index (χ2n) is 6.97. The number of nitrogens with zero attached hydrogens (tertiary/aromatic N) is 4. The molecule has 0 atom stereocenters. The summed E-state index contributed by atoms with van der Waals surface area (Å²) in [4.78, 5) is 0.161. The number of hydrogen-bond donors (Lipinski definition) is 0. The first-order valence-electron chi connectivity index (χ1n) is 9.72. The van der Waals surface area contributed by atoms with E-state index >= 15 is 0 Å². The fourth-order valence-corrected chi connectivity index (χ4v) is 5.57. The topological polar surface area (TPSA) is 77.3 Å². The molecule has 0 N–H and O–H groups in total. The van der Waals surface area contributed by atoms with E-state index in [0.29, 0.717) is 59.3 Å². The molecule has 168 valence electrons. The number of sulfonamides is 1. The predicted octanol–water partition coefficient (Wildman–Crippen LogP) is 3.94. The van der Waals surface area contributed by atoms with E-state index in [-0.39, 0.29) is 10.7 Å². The summed E-state index contributed by atoms with van der Waals surface area (Å²) in [7, 11) is -3.68. The molecular weight excluding hydrogens is 475 g/mol. The van der Waals surface area contributed by atoms with Crippen molar-refractivity contribution in [3.05, 3.63) is 66.0 Å². The van der Waals surface area contributed by atoms with Crippen LogP contribution in [0.15, 0.2) is 70.2 Å². The van der Waals surface area contributed by atoms with Gasteiger partial charge in [0.1, 0.15) is 5.82 Å². The zero-order valence-electron chi connectivity index (χ0n) is 16.9. The summed E-state index contributed by atoms with van der Waals surface area (Å²) >= 11 is 7.24. The van der Waals surface area contributed by atoms with Crippen molar-refractivity contribution in [2.45, 2.75) is 10.1 Å². The van der Waals surface area contributed by atoms with E-state index in [1.807, 2.05) is 0 Å². The predicted molar refractivity (Wildman–Crippen MR) is 122 cm³/mol. The molecule has 1 fully saturated rings. The Kier molecular flexibility index (Phi) is 6.96. The largest absolute Gasteiger partial charge is 0.379 e.